The Balaban J connectivity index is 1.92. The first-order valence-corrected chi connectivity index (χ1v) is 5.38. The molecule has 4 heteroatoms. The van der Waals surface area contributed by atoms with Gasteiger partial charge in [-0.2, -0.15) is 0 Å². The molecule has 3 unspecified atom stereocenters. The van der Waals surface area contributed by atoms with Crippen molar-refractivity contribution in [1.82, 2.24) is 15.5 Å². The molecule has 0 bridgehead atoms. The van der Waals surface area contributed by atoms with E-state index in [1.807, 2.05) is 6.92 Å². The highest BCUT2D eigenvalue weighted by molar-refractivity contribution is 5.81. The summed E-state index contributed by atoms with van der Waals surface area (Å²) in [5, 5.41) is 6.11. The molecule has 2 aliphatic heterocycles. The molecular formula is C10H19N3O. The minimum absolute atomic E-state index is 0.0330. The third-order valence-corrected chi connectivity index (χ3v) is 3.59. The summed E-state index contributed by atoms with van der Waals surface area (Å²) in [6.07, 6.45) is 0. The molecule has 2 fully saturated rings. The molecule has 3 atom stereocenters. The number of carbonyl (C=O) groups excluding carboxylic acids is 1. The molecule has 0 spiro atoms. The van der Waals surface area contributed by atoms with Crippen LogP contribution in [0.5, 0.6) is 0 Å². The summed E-state index contributed by atoms with van der Waals surface area (Å²) in [6.45, 7) is 6.40. The third kappa shape index (κ3) is 1.64. The van der Waals surface area contributed by atoms with Gasteiger partial charge in [-0.05, 0) is 31.8 Å². The fourth-order valence-electron chi connectivity index (χ4n) is 2.58. The standard InChI is InChI=1S/C10H19N3O/c1-7(10(14)11-2)13-5-8-3-12-4-9(8)6-13/h7-9,12H,3-6H2,1-2H3,(H,11,14). The maximum Gasteiger partial charge on any atom is 0.236 e. The number of likely N-dealkylation sites (N-methyl/N-ethyl adjacent to an activating group) is 1. The van der Waals surface area contributed by atoms with Crippen molar-refractivity contribution >= 4 is 5.91 Å². The van der Waals surface area contributed by atoms with Gasteiger partial charge in [0, 0.05) is 20.1 Å². The lowest BCUT2D eigenvalue weighted by Gasteiger charge is -2.23. The van der Waals surface area contributed by atoms with E-state index in [2.05, 4.69) is 15.5 Å². The average Bonchev–Trinajstić information content (AvgIpc) is 2.74. The average molecular weight is 197 g/mol. The summed E-state index contributed by atoms with van der Waals surface area (Å²) in [5.74, 6) is 1.67. The number of nitrogens with one attached hydrogen (secondary N) is 2. The molecule has 2 N–H and O–H groups in total. The van der Waals surface area contributed by atoms with Crippen LogP contribution in [0.15, 0.2) is 0 Å². The van der Waals surface area contributed by atoms with Gasteiger partial charge < -0.3 is 10.6 Å². The number of hydrogen-bond donors (Lipinski definition) is 2. The maximum atomic E-state index is 11.5. The molecule has 0 saturated carbocycles. The molecule has 0 aromatic carbocycles. The van der Waals surface area contributed by atoms with Gasteiger partial charge in [-0.3, -0.25) is 9.69 Å². The van der Waals surface area contributed by atoms with Crippen molar-refractivity contribution in [3.8, 4) is 0 Å². The fraction of sp³-hybridized carbons (Fsp3) is 0.900. The monoisotopic (exact) mass is 197 g/mol. The van der Waals surface area contributed by atoms with Crippen molar-refractivity contribution in [3.05, 3.63) is 0 Å². The largest absolute Gasteiger partial charge is 0.358 e. The van der Waals surface area contributed by atoms with E-state index in [1.54, 1.807) is 7.05 Å². The van der Waals surface area contributed by atoms with Crippen molar-refractivity contribution in [2.24, 2.45) is 11.8 Å². The minimum atomic E-state index is 0.0330. The van der Waals surface area contributed by atoms with Gasteiger partial charge in [0.2, 0.25) is 5.91 Å². The molecule has 14 heavy (non-hydrogen) atoms. The summed E-state index contributed by atoms with van der Waals surface area (Å²) in [7, 11) is 1.71. The van der Waals surface area contributed by atoms with Crippen LogP contribution in [-0.4, -0.2) is 50.1 Å². The molecular weight excluding hydrogens is 178 g/mol. The van der Waals surface area contributed by atoms with Crippen molar-refractivity contribution in [1.29, 1.82) is 0 Å². The van der Waals surface area contributed by atoms with Crippen molar-refractivity contribution in [2.45, 2.75) is 13.0 Å². The molecule has 80 valence electrons. The Morgan fingerprint density at radius 1 is 1.43 bits per heavy atom. The summed E-state index contributed by atoms with van der Waals surface area (Å²) in [5.41, 5.74) is 0. The lowest BCUT2D eigenvalue weighted by Crippen LogP contribution is -2.43. The Bertz CT molecular complexity index is 219. The van der Waals surface area contributed by atoms with E-state index in [-0.39, 0.29) is 11.9 Å². The van der Waals surface area contributed by atoms with Crippen molar-refractivity contribution < 1.29 is 4.79 Å². The zero-order chi connectivity index (χ0) is 10.1. The van der Waals surface area contributed by atoms with Gasteiger partial charge >= 0.3 is 0 Å². The van der Waals surface area contributed by atoms with Crippen LogP contribution in [0.25, 0.3) is 0 Å². The lowest BCUT2D eigenvalue weighted by atomic mass is 10.0. The Hall–Kier alpha value is -0.610. The van der Waals surface area contributed by atoms with Crippen LogP contribution in [0, 0.1) is 11.8 Å². The molecule has 2 saturated heterocycles. The van der Waals surface area contributed by atoms with E-state index in [0.717, 1.165) is 38.0 Å². The molecule has 2 rings (SSSR count). The second-order valence-corrected chi connectivity index (χ2v) is 4.42. The Morgan fingerprint density at radius 3 is 2.50 bits per heavy atom. The highest BCUT2D eigenvalue weighted by atomic mass is 16.2. The minimum Gasteiger partial charge on any atom is -0.358 e. The van der Waals surface area contributed by atoms with Crippen LogP contribution in [0.1, 0.15) is 6.92 Å². The second-order valence-electron chi connectivity index (χ2n) is 4.42. The molecule has 2 aliphatic rings. The third-order valence-electron chi connectivity index (χ3n) is 3.59. The van der Waals surface area contributed by atoms with E-state index < -0.39 is 0 Å². The highest BCUT2D eigenvalue weighted by Gasteiger charge is 2.38. The number of fused-ring (bicyclic) bond motifs is 1. The van der Waals surface area contributed by atoms with Crippen LogP contribution in [0.4, 0.5) is 0 Å². The van der Waals surface area contributed by atoms with E-state index in [9.17, 15) is 4.79 Å². The Labute approximate surface area is 85.0 Å². The topological polar surface area (TPSA) is 44.4 Å². The predicted molar refractivity (Wildman–Crippen MR) is 55.0 cm³/mol. The van der Waals surface area contributed by atoms with Crippen LogP contribution < -0.4 is 10.6 Å². The quantitative estimate of drug-likeness (QED) is 0.613. The first-order valence-electron chi connectivity index (χ1n) is 5.38. The molecule has 0 radical (unpaired) electrons. The van der Waals surface area contributed by atoms with Crippen LogP contribution in [0.3, 0.4) is 0 Å². The number of carbonyl (C=O) groups is 1. The molecule has 2 heterocycles. The molecule has 1 amide bonds. The zero-order valence-electron chi connectivity index (χ0n) is 8.92. The Kier molecular flexibility index (Phi) is 2.74. The van der Waals surface area contributed by atoms with E-state index in [0.29, 0.717) is 0 Å². The van der Waals surface area contributed by atoms with E-state index in [1.165, 1.54) is 0 Å². The maximum absolute atomic E-state index is 11.5. The zero-order valence-corrected chi connectivity index (χ0v) is 8.92. The number of hydrogen-bond acceptors (Lipinski definition) is 3. The number of amides is 1. The van der Waals surface area contributed by atoms with Gasteiger partial charge in [-0.15, -0.1) is 0 Å². The van der Waals surface area contributed by atoms with E-state index >= 15 is 0 Å². The summed E-state index contributed by atoms with van der Waals surface area (Å²) >= 11 is 0. The van der Waals surface area contributed by atoms with E-state index in [4.69, 9.17) is 0 Å². The molecule has 0 aromatic heterocycles. The van der Waals surface area contributed by atoms with Gasteiger partial charge in [-0.25, -0.2) is 0 Å². The molecule has 0 aromatic rings. The lowest BCUT2D eigenvalue weighted by molar-refractivity contribution is -0.125. The highest BCUT2D eigenvalue weighted by Crippen LogP contribution is 2.27. The fourth-order valence-corrected chi connectivity index (χ4v) is 2.58. The predicted octanol–water partition coefficient (Wildman–Crippen LogP) is -0.728. The van der Waals surface area contributed by atoms with Gasteiger partial charge in [-0.1, -0.05) is 0 Å². The van der Waals surface area contributed by atoms with Crippen LogP contribution in [0.2, 0.25) is 0 Å². The number of rotatable bonds is 2. The molecule has 4 nitrogen and oxygen atoms in total. The van der Waals surface area contributed by atoms with Crippen LogP contribution in [-0.2, 0) is 4.79 Å². The Morgan fingerprint density at radius 2 is 2.00 bits per heavy atom. The SMILES string of the molecule is CNC(=O)C(C)N1CC2CNCC2C1. The summed E-state index contributed by atoms with van der Waals surface area (Å²) < 4.78 is 0. The number of nitrogens with zero attached hydrogens (tertiary/aromatic N) is 1. The van der Waals surface area contributed by atoms with Crippen molar-refractivity contribution in [2.75, 3.05) is 33.2 Å². The number of likely N-dealkylation sites (tertiary alicyclic amines) is 1. The summed E-state index contributed by atoms with van der Waals surface area (Å²) in [4.78, 5) is 13.8. The van der Waals surface area contributed by atoms with Gasteiger partial charge in [0.15, 0.2) is 0 Å². The second kappa shape index (κ2) is 3.87. The van der Waals surface area contributed by atoms with Gasteiger partial charge in [0.1, 0.15) is 0 Å². The summed E-state index contributed by atoms with van der Waals surface area (Å²) in [6, 6.07) is 0.0330. The first kappa shape index (κ1) is 9.93. The van der Waals surface area contributed by atoms with Crippen molar-refractivity contribution in [3.63, 3.8) is 0 Å². The smallest absolute Gasteiger partial charge is 0.236 e. The van der Waals surface area contributed by atoms with Gasteiger partial charge in [0.25, 0.3) is 0 Å². The first-order chi connectivity index (χ1) is 6.72. The normalized spacial score (nSPS) is 34.1. The van der Waals surface area contributed by atoms with Gasteiger partial charge in [0.05, 0.1) is 6.04 Å². The van der Waals surface area contributed by atoms with Crippen LogP contribution >= 0.6 is 0 Å². The molecule has 0 aliphatic carbocycles.